The Kier molecular flexibility index (Phi) is 48.7. The van der Waals surface area contributed by atoms with E-state index in [1.165, 1.54) is 257 Å². The molecule has 0 radical (unpaired) electrons. The Labute approximate surface area is 358 Å². The molecule has 1 amide bonds. The number of rotatable bonds is 49. The Morgan fingerprint density at radius 2 is 0.649 bits per heavy atom. The highest BCUT2D eigenvalue weighted by atomic mass is 16.3. The van der Waals surface area contributed by atoms with Crippen molar-refractivity contribution in [3.8, 4) is 0 Å². The summed E-state index contributed by atoms with van der Waals surface area (Å²) in [6.07, 6.45) is 63.6. The van der Waals surface area contributed by atoms with Crippen LogP contribution in [0.25, 0.3) is 0 Å². The van der Waals surface area contributed by atoms with Crippen LogP contribution in [0, 0.1) is 0 Å². The third-order valence-corrected chi connectivity index (χ3v) is 12.5. The number of carbonyl (C=O) groups is 1. The number of allylic oxidation sites excluding steroid dienone is 1. The van der Waals surface area contributed by atoms with Crippen LogP contribution in [0.1, 0.15) is 303 Å². The molecule has 2 unspecified atom stereocenters. The zero-order valence-corrected chi connectivity index (χ0v) is 39.1. The highest BCUT2D eigenvalue weighted by molar-refractivity contribution is 5.76. The van der Waals surface area contributed by atoms with Gasteiger partial charge in [0.25, 0.3) is 0 Å². The number of aliphatic hydroxyl groups is 2. The van der Waals surface area contributed by atoms with E-state index in [1.807, 2.05) is 6.08 Å². The van der Waals surface area contributed by atoms with Crippen LogP contribution in [0.5, 0.6) is 0 Å². The van der Waals surface area contributed by atoms with E-state index in [1.54, 1.807) is 6.08 Å². The Morgan fingerprint density at radius 3 is 0.912 bits per heavy atom. The van der Waals surface area contributed by atoms with Crippen LogP contribution in [0.4, 0.5) is 0 Å². The van der Waals surface area contributed by atoms with Gasteiger partial charge < -0.3 is 15.5 Å². The third-order valence-electron chi connectivity index (χ3n) is 12.5. The molecular weight excluding hydrogens is 699 g/mol. The van der Waals surface area contributed by atoms with Crippen LogP contribution in [0.3, 0.4) is 0 Å². The minimum atomic E-state index is -0.835. The molecule has 0 fully saturated rings. The maximum atomic E-state index is 12.4. The van der Waals surface area contributed by atoms with Gasteiger partial charge in [0.1, 0.15) is 0 Å². The van der Waals surface area contributed by atoms with Crippen molar-refractivity contribution in [2.24, 2.45) is 0 Å². The minimum Gasteiger partial charge on any atom is -0.394 e. The topological polar surface area (TPSA) is 69.6 Å². The normalized spacial score (nSPS) is 12.8. The molecule has 0 heterocycles. The molecular formula is C53H105NO3. The number of unbranched alkanes of at least 4 members (excludes halogenated alkanes) is 42. The fourth-order valence-electron chi connectivity index (χ4n) is 8.48. The molecule has 0 rings (SSSR count). The van der Waals surface area contributed by atoms with Crippen molar-refractivity contribution in [3.05, 3.63) is 12.2 Å². The lowest BCUT2D eigenvalue weighted by Gasteiger charge is -2.20. The largest absolute Gasteiger partial charge is 0.394 e. The highest BCUT2D eigenvalue weighted by Gasteiger charge is 2.18. The predicted molar refractivity (Wildman–Crippen MR) is 253 cm³/mol. The lowest BCUT2D eigenvalue weighted by Crippen LogP contribution is -2.45. The maximum Gasteiger partial charge on any atom is 0.220 e. The summed E-state index contributed by atoms with van der Waals surface area (Å²) in [4.78, 5) is 12.4. The molecule has 0 aromatic carbocycles. The van der Waals surface area contributed by atoms with E-state index in [-0.39, 0.29) is 12.5 Å². The van der Waals surface area contributed by atoms with Crippen LogP contribution < -0.4 is 5.32 Å². The Hall–Kier alpha value is -0.870. The first kappa shape index (κ1) is 56.1. The average Bonchev–Trinajstić information content (AvgIpc) is 3.22. The van der Waals surface area contributed by atoms with E-state index >= 15 is 0 Å². The van der Waals surface area contributed by atoms with E-state index in [4.69, 9.17) is 0 Å². The number of amides is 1. The van der Waals surface area contributed by atoms with Crippen molar-refractivity contribution in [1.82, 2.24) is 5.32 Å². The fraction of sp³-hybridized carbons (Fsp3) is 0.943. The van der Waals surface area contributed by atoms with Crippen molar-refractivity contribution in [3.63, 3.8) is 0 Å². The van der Waals surface area contributed by atoms with Gasteiger partial charge in [-0.3, -0.25) is 4.79 Å². The molecule has 0 aromatic heterocycles. The zero-order valence-electron chi connectivity index (χ0n) is 39.1. The van der Waals surface area contributed by atoms with Gasteiger partial charge in [-0.05, 0) is 19.3 Å². The Balaban J connectivity index is 3.45. The number of hydrogen-bond donors (Lipinski definition) is 3. The zero-order chi connectivity index (χ0) is 41.4. The van der Waals surface area contributed by atoms with Crippen molar-refractivity contribution in [2.75, 3.05) is 6.61 Å². The van der Waals surface area contributed by atoms with Crippen LogP contribution in [-0.4, -0.2) is 34.9 Å². The van der Waals surface area contributed by atoms with Gasteiger partial charge in [0.2, 0.25) is 5.91 Å². The summed E-state index contributed by atoms with van der Waals surface area (Å²) in [6, 6.07) is -0.617. The fourth-order valence-corrected chi connectivity index (χ4v) is 8.48. The van der Waals surface area contributed by atoms with Crippen LogP contribution in [-0.2, 0) is 4.79 Å². The second-order valence-corrected chi connectivity index (χ2v) is 18.3. The molecule has 0 aliphatic rings. The predicted octanol–water partition coefficient (Wildman–Crippen LogP) is 17.0. The van der Waals surface area contributed by atoms with E-state index in [0.717, 1.165) is 25.7 Å². The van der Waals surface area contributed by atoms with E-state index in [9.17, 15) is 15.0 Å². The summed E-state index contributed by atoms with van der Waals surface area (Å²) in [6.45, 7) is 4.35. The number of hydrogen-bond acceptors (Lipinski definition) is 3. The van der Waals surface area contributed by atoms with Crippen molar-refractivity contribution >= 4 is 5.91 Å². The summed E-state index contributed by atoms with van der Waals surface area (Å²) in [5.41, 5.74) is 0. The molecule has 340 valence electrons. The second-order valence-electron chi connectivity index (χ2n) is 18.3. The number of carbonyl (C=O) groups excluding carboxylic acids is 1. The molecule has 0 spiro atoms. The third kappa shape index (κ3) is 46.1. The summed E-state index contributed by atoms with van der Waals surface area (Å²) in [5.74, 6) is -0.0565. The Morgan fingerprint density at radius 1 is 0.404 bits per heavy atom. The first-order chi connectivity index (χ1) is 28.2. The van der Waals surface area contributed by atoms with Gasteiger partial charge in [-0.15, -0.1) is 0 Å². The molecule has 0 bridgehead atoms. The molecule has 0 aromatic rings. The van der Waals surface area contributed by atoms with Crippen molar-refractivity contribution < 1.29 is 15.0 Å². The number of aliphatic hydroxyl groups excluding tert-OH is 2. The maximum absolute atomic E-state index is 12.4. The van der Waals surface area contributed by atoms with E-state index in [0.29, 0.717) is 6.42 Å². The smallest absolute Gasteiger partial charge is 0.220 e. The summed E-state index contributed by atoms with van der Waals surface area (Å²) in [7, 11) is 0. The van der Waals surface area contributed by atoms with Crippen molar-refractivity contribution in [2.45, 2.75) is 315 Å². The lowest BCUT2D eigenvalue weighted by molar-refractivity contribution is -0.123. The van der Waals surface area contributed by atoms with Gasteiger partial charge in [0.05, 0.1) is 18.8 Å². The standard InChI is InChI=1S/C53H105NO3/c1-3-5-7-9-11-13-15-17-19-21-23-24-25-26-27-28-29-31-33-35-37-39-41-43-45-47-49-53(57)54-51(50-55)52(56)48-46-44-42-40-38-36-34-32-30-22-20-18-16-14-12-10-8-6-4-2/h46,48,51-52,55-56H,3-45,47,49-50H2,1-2H3,(H,54,57)/b48-46+. The minimum absolute atomic E-state index is 0.0565. The number of nitrogens with one attached hydrogen (secondary N) is 1. The first-order valence-corrected chi connectivity index (χ1v) is 26.4. The summed E-state index contributed by atoms with van der Waals surface area (Å²) < 4.78 is 0. The molecule has 0 aliphatic heterocycles. The molecule has 2 atom stereocenters. The molecule has 0 saturated carbocycles. The van der Waals surface area contributed by atoms with Gasteiger partial charge in [-0.25, -0.2) is 0 Å². The molecule has 4 nitrogen and oxygen atoms in total. The second kappa shape index (κ2) is 49.5. The van der Waals surface area contributed by atoms with Crippen molar-refractivity contribution in [1.29, 1.82) is 0 Å². The van der Waals surface area contributed by atoms with E-state index in [2.05, 4.69) is 19.2 Å². The van der Waals surface area contributed by atoms with Gasteiger partial charge in [0, 0.05) is 6.42 Å². The van der Waals surface area contributed by atoms with Gasteiger partial charge in [0.15, 0.2) is 0 Å². The molecule has 0 saturated heterocycles. The summed E-state index contributed by atoms with van der Waals surface area (Å²) in [5, 5.41) is 23.1. The van der Waals surface area contributed by atoms with Gasteiger partial charge in [-0.2, -0.15) is 0 Å². The van der Waals surface area contributed by atoms with Crippen LogP contribution in [0.2, 0.25) is 0 Å². The SMILES string of the molecule is CCCCCCCCCCCCCCCCCCC/C=C/C(O)C(CO)NC(=O)CCCCCCCCCCCCCCCCCCCCCCCCCCCC. The quantitative estimate of drug-likeness (QED) is 0.0424. The summed E-state index contributed by atoms with van der Waals surface area (Å²) >= 11 is 0. The van der Waals surface area contributed by atoms with Crippen LogP contribution in [0.15, 0.2) is 12.2 Å². The molecule has 0 aliphatic carbocycles. The average molecular weight is 804 g/mol. The molecule has 57 heavy (non-hydrogen) atoms. The van der Waals surface area contributed by atoms with Gasteiger partial charge >= 0.3 is 0 Å². The van der Waals surface area contributed by atoms with Gasteiger partial charge in [-0.1, -0.05) is 289 Å². The lowest BCUT2D eigenvalue weighted by atomic mass is 10.0. The highest BCUT2D eigenvalue weighted by Crippen LogP contribution is 2.17. The Bertz CT molecular complexity index is 784. The van der Waals surface area contributed by atoms with E-state index < -0.39 is 12.1 Å². The monoisotopic (exact) mass is 804 g/mol. The molecule has 4 heteroatoms. The van der Waals surface area contributed by atoms with Crippen LogP contribution >= 0.6 is 0 Å². The molecule has 3 N–H and O–H groups in total. The first-order valence-electron chi connectivity index (χ1n) is 26.4.